The third-order valence-electron chi connectivity index (χ3n) is 8.56. The number of aliphatic hydroxyl groups is 1. The van der Waals surface area contributed by atoms with Gasteiger partial charge in [0.05, 0.1) is 42.2 Å². The molecular weight excluding hydrogens is 604 g/mol. The number of carbonyl (C=O) groups excluding carboxylic acids is 2. The van der Waals surface area contributed by atoms with Crippen LogP contribution in [0.2, 0.25) is 0 Å². The molecule has 246 valence electrons. The van der Waals surface area contributed by atoms with E-state index < -0.39 is 52.1 Å². The molecule has 6 atom stereocenters. The predicted molar refractivity (Wildman–Crippen MR) is 162 cm³/mol. The van der Waals surface area contributed by atoms with Gasteiger partial charge in [-0.15, -0.1) is 0 Å². The van der Waals surface area contributed by atoms with E-state index in [9.17, 15) is 23.1 Å². The predicted octanol–water partition coefficient (Wildman–Crippen LogP) is 3.31. The molecule has 1 unspecified atom stereocenters. The Morgan fingerprint density at radius 3 is 2.58 bits per heavy atom. The summed E-state index contributed by atoms with van der Waals surface area (Å²) in [6, 6.07) is 11.6. The summed E-state index contributed by atoms with van der Waals surface area (Å²) >= 11 is 0. The summed E-state index contributed by atoms with van der Waals surface area (Å²) < 4.78 is 57.7. The van der Waals surface area contributed by atoms with E-state index in [0.717, 1.165) is 5.56 Å². The van der Waals surface area contributed by atoms with Crippen LogP contribution in [0.25, 0.3) is 0 Å². The molecule has 0 saturated carbocycles. The Morgan fingerprint density at radius 2 is 1.82 bits per heavy atom. The fourth-order valence-electron chi connectivity index (χ4n) is 6.03. The number of hydrogen-bond acceptors (Lipinski definition) is 10. The first-order valence-corrected chi connectivity index (χ1v) is 16.7. The van der Waals surface area contributed by atoms with Gasteiger partial charge in [-0.2, -0.15) is 0 Å². The third kappa shape index (κ3) is 8.53. The Bertz CT molecular complexity index is 1450. The Labute approximate surface area is 263 Å². The molecule has 2 aromatic rings. The number of fused-ring (bicyclic) bond motifs is 2. The first-order valence-electron chi connectivity index (χ1n) is 15.2. The number of Topliss-reactive ketones (excluding diaryl/α,β-unsaturated/α-hetero) is 1. The van der Waals surface area contributed by atoms with Crippen molar-refractivity contribution in [1.82, 2.24) is 10.0 Å². The summed E-state index contributed by atoms with van der Waals surface area (Å²) in [6.07, 6.45) is -1.18. The smallest absolute Gasteiger partial charge is 0.407 e. The molecule has 2 aromatic carbocycles. The van der Waals surface area contributed by atoms with Crippen LogP contribution in [0.15, 0.2) is 53.4 Å². The highest BCUT2D eigenvalue weighted by Crippen LogP contribution is 2.36. The van der Waals surface area contributed by atoms with E-state index >= 15 is 0 Å². The highest BCUT2D eigenvalue weighted by molar-refractivity contribution is 7.89. The van der Waals surface area contributed by atoms with Crippen LogP contribution in [0.4, 0.5) is 4.79 Å². The van der Waals surface area contributed by atoms with E-state index in [0.29, 0.717) is 37.4 Å². The number of carbonyl (C=O) groups is 2. The Balaban J connectivity index is 1.40. The molecule has 2 saturated heterocycles. The minimum absolute atomic E-state index is 0.0116. The fourth-order valence-corrected chi connectivity index (χ4v) is 7.30. The third-order valence-corrected chi connectivity index (χ3v) is 10.0. The summed E-state index contributed by atoms with van der Waals surface area (Å²) in [4.78, 5) is 25.0. The van der Waals surface area contributed by atoms with Gasteiger partial charge in [0.25, 0.3) is 0 Å². The summed E-state index contributed by atoms with van der Waals surface area (Å²) in [7, 11) is -4.18. The van der Waals surface area contributed by atoms with Gasteiger partial charge in [0.2, 0.25) is 16.8 Å². The number of ether oxygens (including phenoxy) is 5. The summed E-state index contributed by atoms with van der Waals surface area (Å²) in [5.41, 5.74) is 0.272. The zero-order valence-corrected chi connectivity index (χ0v) is 26.6. The number of rotatable bonds is 14. The first-order chi connectivity index (χ1) is 21.4. The van der Waals surface area contributed by atoms with Crippen molar-refractivity contribution in [2.45, 2.75) is 88.4 Å². The van der Waals surface area contributed by atoms with Gasteiger partial charge in [-0.1, -0.05) is 44.2 Å². The zero-order valence-electron chi connectivity index (χ0n) is 25.8. The van der Waals surface area contributed by atoms with Crippen molar-refractivity contribution in [2.24, 2.45) is 11.3 Å². The lowest BCUT2D eigenvalue weighted by atomic mass is 9.79. The average molecular weight is 647 g/mol. The van der Waals surface area contributed by atoms with Crippen molar-refractivity contribution in [3.05, 3.63) is 54.1 Å². The molecule has 3 N–H and O–H groups in total. The number of benzene rings is 2. The monoisotopic (exact) mass is 646 g/mol. The molecular formula is C32H42N2O10S. The van der Waals surface area contributed by atoms with Crippen LogP contribution in [-0.4, -0.2) is 76.0 Å². The molecule has 13 heteroatoms. The quantitative estimate of drug-likeness (QED) is 0.278. The van der Waals surface area contributed by atoms with E-state index in [1.807, 2.05) is 44.2 Å². The van der Waals surface area contributed by atoms with Crippen LogP contribution >= 0.6 is 0 Å². The second-order valence-corrected chi connectivity index (χ2v) is 14.4. The standard InChI is InChI=1S/C32H42N2O10S/c1-20(35)11-13-32(2,3)17-25(34-45(38,39)22-9-10-26-27(16-22)43-19-42-26)29(36)24(15-21-7-5-4-6-8-21)33-31(37)44-28-18-41-30-23(28)12-14-40-30/h4-10,16,23-25,28-30,34,36H,11-15,17-19H2,1-3H3,(H,33,37)/t23-,24-,25?,28-,29+,30+/m0/s1. The maximum atomic E-state index is 13.7. The molecule has 45 heavy (non-hydrogen) atoms. The maximum Gasteiger partial charge on any atom is 0.407 e. The number of alkyl carbamates (subject to hydrolysis) is 1. The van der Waals surface area contributed by atoms with Crippen LogP contribution in [0.3, 0.4) is 0 Å². The van der Waals surface area contributed by atoms with E-state index in [-0.39, 0.29) is 42.8 Å². The maximum absolute atomic E-state index is 13.7. The second-order valence-electron chi connectivity index (χ2n) is 12.7. The van der Waals surface area contributed by atoms with Gasteiger partial charge in [-0.3, -0.25) is 0 Å². The van der Waals surface area contributed by atoms with E-state index in [1.54, 1.807) is 0 Å². The second kappa shape index (κ2) is 14.0. The van der Waals surface area contributed by atoms with Crippen molar-refractivity contribution in [1.29, 1.82) is 0 Å². The van der Waals surface area contributed by atoms with E-state index in [2.05, 4.69) is 10.0 Å². The lowest BCUT2D eigenvalue weighted by molar-refractivity contribution is -0.117. The number of sulfonamides is 1. The Hall–Kier alpha value is -3.23. The van der Waals surface area contributed by atoms with Gasteiger partial charge in [-0.05, 0) is 55.7 Å². The molecule has 1 amide bonds. The van der Waals surface area contributed by atoms with Crippen LogP contribution < -0.4 is 19.5 Å². The number of hydrogen-bond donors (Lipinski definition) is 3. The number of aliphatic hydroxyl groups excluding tert-OH is 1. The molecule has 3 aliphatic heterocycles. The highest BCUT2D eigenvalue weighted by Gasteiger charge is 2.44. The molecule has 12 nitrogen and oxygen atoms in total. The molecule has 3 heterocycles. The summed E-state index contributed by atoms with van der Waals surface area (Å²) in [5.74, 6) is 0.675. The molecule has 0 aliphatic carbocycles. The van der Waals surface area contributed by atoms with Crippen LogP contribution in [0.5, 0.6) is 11.5 Å². The molecule has 0 bridgehead atoms. The number of nitrogens with one attached hydrogen (secondary N) is 2. The minimum atomic E-state index is -4.18. The topological polar surface area (TPSA) is 159 Å². The lowest BCUT2D eigenvalue weighted by Crippen LogP contribution is -2.56. The van der Waals surface area contributed by atoms with Crippen molar-refractivity contribution in [2.75, 3.05) is 20.0 Å². The number of amides is 1. The van der Waals surface area contributed by atoms with Gasteiger partial charge in [0, 0.05) is 12.5 Å². The van der Waals surface area contributed by atoms with Gasteiger partial charge < -0.3 is 38.9 Å². The molecule has 0 spiro atoms. The summed E-state index contributed by atoms with van der Waals surface area (Å²) in [5, 5.41) is 14.8. The van der Waals surface area contributed by atoms with Crippen LogP contribution in [0.1, 0.15) is 52.0 Å². The average Bonchev–Trinajstić information content (AvgIpc) is 3.74. The molecule has 0 aromatic heterocycles. The minimum Gasteiger partial charge on any atom is -0.454 e. The highest BCUT2D eigenvalue weighted by atomic mass is 32.2. The Morgan fingerprint density at radius 1 is 1.07 bits per heavy atom. The van der Waals surface area contributed by atoms with Gasteiger partial charge in [0.1, 0.15) is 11.9 Å². The van der Waals surface area contributed by atoms with E-state index in [4.69, 9.17) is 23.7 Å². The summed E-state index contributed by atoms with van der Waals surface area (Å²) in [6.45, 7) is 6.05. The molecule has 0 radical (unpaired) electrons. The van der Waals surface area contributed by atoms with Gasteiger partial charge >= 0.3 is 6.09 Å². The van der Waals surface area contributed by atoms with Gasteiger partial charge in [-0.25, -0.2) is 17.9 Å². The lowest BCUT2D eigenvalue weighted by Gasteiger charge is -2.36. The normalized spacial score (nSPS) is 22.8. The van der Waals surface area contributed by atoms with Crippen molar-refractivity contribution < 1.29 is 46.8 Å². The van der Waals surface area contributed by atoms with Crippen LogP contribution in [0, 0.1) is 11.3 Å². The molecule has 5 rings (SSSR count). The van der Waals surface area contributed by atoms with Crippen molar-refractivity contribution in [3.8, 4) is 11.5 Å². The van der Waals surface area contributed by atoms with E-state index in [1.165, 1.54) is 25.1 Å². The number of ketones is 1. The van der Waals surface area contributed by atoms with Crippen LogP contribution in [-0.2, 0) is 35.4 Å². The Kier molecular flexibility index (Phi) is 10.3. The van der Waals surface area contributed by atoms with Gasteiger partial charge in [0.15, 0.2) is 17.8 Å². The zero-order chi connectivity index (χ0) is 32.2. The first kappa shape index (κ1) is 33.1. The molecule has 3 aliphatic rings. The van der Waals surface area contributed by atoms with Crippen molar-refractivity contribution in [3.63, 3.8) is 0 Å². The van der Waals surface area contributed by atoms with Crippen molar-refractivity contribution >= 4 is 21.9 Å². The fraction of sp³-hybridized carbons (Fsp3) is 0.562. The largest absolute Gasteiger partial charge is 0.454 e. The molecule has 2 fully saturated rings. The SMILES string of the molecule is CC(=O)CCC(C)(C)CC(NS(=O)(=O)c1ccc2c(c1)OCO2)[C@H](O)[C@H](Cc1ccccc1)NC(=O)O[C@H]1CO[C@H]2OCC[C@H]21.